The Morgan fingerprint density at radius 3 is 1.90 bits per heavy atom. The van der Waals surface area contributed by atoms with Crippen molar-refractivity contribution in [2.24, 2.45) is 0 Å². The number of nitrogens with zero attached hydrogens (tertiary/aromatic N) is 1. The van der Waals surface area contributed by atoms with Gasteiger partial charge < -0.3 is 4.42 Å². The van der Waals surface area contributed by atoms with Crippen LogP contribution < -0.4 is 0 Å². The summed E-state index contributed by atoms with van der Waals surface area (Å²) in [6, 6.07) is 45.1. The van der Waals surface area contributed by atoms with Gasteiger partial charge in [0.05, 0.1) is 11.4 Å². The lowest BCUT2D eigenvalue weighted by molar-refractivity contribution is 0.647. The number of pyridine rings is 1. The highest BCUT2D eigenvalue weighted by atomic mass is 16.3. The van der Waals surface area contributed by atoms with Crippen molar-refractivity contribution < 1.29 is 4.42 Å². The van der Waals surface area contributed by atoms with Crippen LogP contribution in [0.15, 0.2) is 132 Å². The Hall–Kier alpha value is -4.95. The van der Waals surface area contributed by atoms with Crippen LogP contribution in [-0.2, 0) is 5.41 Å². The number of benzene rings is 5. The van der Waals surface area contributed by atoms with Crippen LogP contribution in [0, 0.1) is 0 Å². The first kappa shape index (κ1) is 23.0. The number of hydrogen-bond acceptors (Lipinski definition) is 2. The molecule has 0 atom stereocenters. The Morgan fingerprint density at radius 2 is 1.12 bits per heavy atom. The van der Waals surface area contributed by atoms with Crippen LogP contribution in [0.4, 0.5) is 0 Å². The van der Waals surface area contributed by atoms with Crippen molar-refractivity contribution in [1.29, 1.82) is 0 Å². The predicted molar refractivity (Wildman–Crippen MR) is 165 cm³/mol. The SMILES string of the molecule is CC1(C)c2ccccc2-c2cc3c(cc21)oc1cc(-c2cc(-c4ccccc4)cc(-c4ccccc4)n2)ccc13. The fourth-order valence-corrected chi connectivity index (χ4v) is 6.36. The number of aromatic nitrogens is 1. The van der Waals surface area contributed by atoms with E-state index in [4.69, 9.17) is 9.40 Å². The third-order valence-electron chi connectivity index (χ3n) is 8.47. The maximum Gasteiger partial charge on any atom is 0.136 e. The molecule has 2 nitrogen and oxygen atoms in total. The minimum atomic E-state index is -0.0557. The van der Waals surface area contributed by atoms with Crippen molar-refractivity contribution >= 4 is 21.9 Å². The largest absolute Gasteiger partial charge is 0.456 e. The van der Waals surface area contributed by atoms with Gasteiger partial charge in [0.1, 0.15) is 11.2 Å². The number of hydrogen-bond donors (Lipinski definition) is 0. The van der Waals surface area contributed by atoms with Crippen LogP contribution >= 0.6 is 0 Å². The van der Waals surface area contributed by atoms with Gasteiger partial charge in [-0.1, -0.05) is 105 Å². The zero-order valence-corrected chi connectivity index (χ0v) is 22.5. The third-order valence-corrected chi connectivity index (χ3v) is 8.47. The van der Waals surface area contributed by atoms with E-state index in [9.17, 15) is 0 Å². The summed E-state index contributed by atoms with van der Waals surface area (Å²) in [7, 11) is 0. The molecule has 2 heteroatoms. The average molecular weight is 514 g/mol. The molecule has 0 amide bonds. The summed E-state index contributed by atoms with van der Waals surface area (Å²) in [6.07, 6.45) is 0. The maximum absolute atomic E-state index is 6.53. The van der Waals surface area contributed by atoms with Gasteiger partial charge in [-0.3, -0.25) is 0 Å². The molecule has 0 bridgehead atoms. The Balaban J connectivity index is 1.30. The summed E-state index contributed by atoms with van der Waals surface area (Å²) in [5, 5.41) is 2.29. The molecular formula is C38H27NO. The molecule has 2 aromatic heterocycles. The molecule has 40 heavy (non-hydrogen) atoms. The van der Waals surface area contributed by atoms with Gasteiger partial charge in [0.2, 0.25) is 0 Å². The van der Waals surface area contributed by atoms with Crippen LogP contribution in [0.3, 0.4) is 0 Å². The second-order valence-corrected chi connectivity index (χ2v) is 11.2. The Labute approximate surface area is 233 Å². The summed E-state index contributed by atoms with van der Waals surface area (Å²) < 4.78 is 6.53. The second-order valence-electron chi connectivity index (χ2n) is 11.2. The van der Waals surface area contributed by atoms with E-state index >= 15 is 0 Å². The molecule has 0 aliphatic heterocycles. The molecule has 190 valence electrons. The summed E-state index contributed by atoms with van der Waals surface area (Å²) in [4.78, 5) is 5.11. The lowest BCUT2D eigenvalue weighted by Crippen LogP contribution is -2.14. The lowest BCUT2D eigenvalue weighted by atomic mass is 9.82. The Bertz CT molecular complexity index is 2010. The van der Waals surface area contributed by atoms with E-state index in [1.54, 1.807) is 0 Å². The van der Waals surface area contributed by atoms with Gasteiger partial charge in [-0.15, -0.1) is 0 Å². The van der Waals surface area contributed by atoms with Gasteiger partial charge in [-0.05, 0) is 69.8 Å². The first-order valence-corrected chi connectivity index (χ1v) is 13.8. The van der Waals surface area contributed by atoms with Crippen LogP contribution in [0.1, 0.15) is 25.0 Å². The van der Waals surface area contributed by atoms with E-state index in [1.165, 1.54) is 27.8 Å². The predicted octanol–water partition coefficient (Wildman–Crippen LogP) is 10.3. The zero-order chi connectivity index (χ0) is 26.8. The number of fused-ring (bicyclic) bond motifs is 6. The summed E-state index contributed by atoms with van der Waals surface area (Å²) in [6.45, 7) is 4.61. The van der Waals surface area contributed by atoms with E-state index in [-0.39, 0.29) is 5.41 Å². The topological polar surface area (TPSA) is 26.0 Å². The van der Waals surface area contributed by atoms with E-state index < -0.39 is 0 Å². The fourth-order valence-electron chi connectivity index (χ4n) is 6.36. The standard InChI is InChI=1S/C38H27NO/c1-38(2)32-16-10-9-15-28(32)30-22-31-29-18-17-26(21-36(29)40-37(31)23-33(30)38)35-20-27(24-11-5-3-6-12-24)19-34(39-35)25-13-7-4-8-14-25/h3-23H,1-2H3. The number of rotatable bonds is 3. The van der Waals surface area contributed by atoms with Crippen LogP contribution in [0.25, 0.3) is 66.7 Å². The molecule has 8 rings (SSSR count). The minimum absolute atomic E-state index is 0.0557. The molecule has 2 heterocycles. The molecule has 7 aromatic rings. The van der Waals surface area contributed by atoms with E-state index in [2.05, 4.69) is 135 Å². The normalized spacial score (nSPS) is 13.4. The van der Waals surface area contributed by atoms with Gasteiger partial charge in [-0.2, -0.15) is 0 Å². The van der Waals surface area contributed by atoms with Gasteiger partial charge in [0.25, 0.3) is 0 Å². The van der Waals surface area contributed by atoms with Crippen LogP contribution in [-0.4, -0.2) is 4.98 Å². The number of furan rings is 1. The molecule has 0 N–H and O–H groups in total. The van der Waals surface area contributed by atoms with Crippen molar-refractivity contribution in [2.75, 3.05) is 0 Å². The smallest absolute Gasteiger partial charge is 0.136 e. The molecule has 0 radical (unpaired) electrons. The van der Waals surface area contributed by atoms with Crippen LogP contribution in [0.5, 0.6) is 0 Å². The second kappa shape index (κ2) is 8.53. The lowest BCUT2D eigenvalue weighted by Gasteiger charge is -2.21. The molecule has 5 aromatic carbocycles. The molecule has 0 saturated heterocycles. The average Bonchev–Trinajstić information content (AvgIpc) is 3.48. The monoisotopic (exact) mass is 513 g/mol. The van der Waals surface area contributed by atoms with E-state index in [0.717, 1.165) is 50.0 Å². The fraction of sp³-hybridized carbons (Fsp3) is 0.0789. The molecule has 0 saturated carbocycles. The zero-order valence-electron chi connectivity index (χ0n) is 22.5. The highest BCUT2D eigenvalue weighted by Gasteiger charge is 2.36. The van der Waals surface area contributed by atoms with Gasteiger partial charge in [0, 0.05) is 27.3 Å². The van der Waals surface area contributed by atoms with Gasteiger partial charge in [-0.25, -0.2) is 4.98 Å². The first-order chi connectivity index (χ1) is 19.6. The third kappa shape index (κ3) is 3.46. The minimum Gasteiger partial charge on any atom is -0.456 e. The quantitative estimate of drug-likeness (QED) is 0.235. The molecule has 0 fully saturated rings. The maximum atomic E-state index is 6.53. The van der Waals surface area contributed by atoms with Crippen molar-refractivity contribution in [3.63, 3.8) is 0 Å². The molecular weight excluding hydrogens is 486 g/mol. The van der Waals surface area contributed by atoms with Crippen LogP contribution in [0.2, 0.25) is 0 Å². The first-order valence-electron chi connectivity index (χ1n) is 13.8. The van der Waals surface area contributed by atoms with Crippen molar-refractivity contribution in [3.05, 3.63) is 139 Å². The van der Waals surface area contributed by atoms with E-state index in [1.807, 2.05) is 6.07 Å². The van der Waals surface area contributed by atoms with E-state index in [0.29, 0.717) is 0 Å². The summed E-state index contributed by atoms with van der Waals surface area (Å²) >= 11 is 0. The van der Waals surface area contributed by atoms with Gasteiger partial charge >= 0.3 is 0 Å². The van der Waals surface area contributed by atoms with Crippen molar-refractivity contribution in [2.45, 2.75) is 19.3 Å². The van der Waals surface area contributed by atoms with Crippen molar-refractivity contribution in [3.8, 4) is 44.8 Å². The summed E-state index contributed by atoms with van der Waals surface area (Å²) in [5.41, 5.74) is 13.4. The Kier molecular flexibility index (Phi) is 4.90. The molecule has 0 unspecified atom stereocenters. The molecule has 0 spiro atoms. The molecule has 1 aliphatic carbocycles. The highest BCUT2D eigenvalue weighted by molar-refractivity contribution is 6.08. The van der Waals surface area contributed by atoms with Crippen molar-refractivity contribution in [1.82, 2.24) is 4.98 Å². The van der Waals surface area contributed by atoms with Gasteiger partial charge in [0.15, 0.2) is 0 Å². The Morgan fingerprint density at radius 1 is 0.475 bits per heavy atom. The molecule has 1 aliphatic rings. The highest BCUT2D eigenvalue weighted by Crippen LogP contribution is 2.50. The summed E-state index contributed by atoms with van der Waals surface area (Å²) in [5.74, 6) is 0.